The highest BCUT2D eigenvalue weighted by atomic mass is 32.2. The molecule has 0 rings (SSSR count). The number of thioether (sulfide) groups is 1. The molecule has 0 saturated heterocycles. The number of nitrogens with two attached hydrogens (primary N) is 2. The predicted molar refractivity (Wildman–Crippen MR) is 134 cm³/mol. The Balaban J connectivity index is 5.52. The molecule has 0 spiro atoms. The van der Waals surface area contributed by atoms with Crippen molar-refractivity contribution < 1.29 is 34.2 Å². The van der Waals surface area contributed by atoms with Crippen molar-refractivity contribution in [2.24, 2.45) is 17.4 Å². The fourth-order valence-electron chi connectivity index (χ4n) is 3.16. The normalized spacial score (nSPS) is 15.2. The summed E-state index contributed by atoms with van der Waals surface area (Å²) >= 11 is 1.55. The van der Waals surface area contributed by atoms with Crippen LogP contribution in [0.5, 0.6) is 0 Å². The number of carboxylic acids is 2. The van der Waals surface area contributed by atoms with Crippen LogP contribution < -0.4 is 27.4 Å². The molecular formula is C22H41N5O7S. The monoisotopic (exact) mass is 519 g/mol. The van der Waals surface area contributed by atoms with Crippen LogP contribution in [0, 0.1) is 5.92 Å². The fourth-order valence-corrected chi connectivity index (χ4v) is 3.65. The van der Waals surface area contributed by atoms with E-state index in [0.29, 0.717) is 38.0 Å². The molecule has 3 amide bonds. The quantitative estimate of drug-likeness (QED) is 0.110. The number of carbonyl (C=O) groups is 5. The van der Waals surface area contributed by atoms with Crippen molar-refractivity contribution >= 4 is 41.4 Å². The molecule has 0 bridgehead atoms. The molecule has 0 aromatic carbocycles. The number of carbonyl (C=O) groups excluding carboxylic acids is 3. The molecule has 0 radical (unpaired) electrons. The van der Waals surface area contributed by atoms with Gasteiger partial charge in [0.15, 0.2) is 0 Å². The Bertz CT molecular complexity index is 710. The molecule has 5 atom stereocenters. The number of nitrogens with one attached hydrogen (secondary N) is 3. The van der Waals surface area contributed by atoms with Crippen molar-refractivity contribution in [3.63, 3.8) is 0 Å². The largest absolute Gasteiger partial charge is 0.481 e. The van der Waals surface area contributed by atoms with Crippen molar-refractivity contribution in [3.8, 4) is 0 Å². The van der Waals surface area contributed by atoms with Gasteiger partial charge in [0.2, 0.25) is 17.7 Å². The van der Waals surface area contributed by atoms with Crippen LogP contribution in [0.2, 0.25) is 0 Å². The summed E-state index contributed by atoms with van der Waals surface area (Å²) in [5, 5.41) is 25.8. The van der Waals surface area contributed by atoms with Crippen LogP contribution in [0.3, 0.4) is 0 Å². The van der Waals surface area contributed by atoms with E-state index in [1.807, 2.05) is 13.2 Å². The second-order valence-corrected chi connectivity index (χ2v) is 9.42. The molecule has 12 nitrogen and oxygen atoms in total. The molecule has 202 valence electrons. The number of carboxylic acid groups (broad SMARTS) is 2. The molecule has 0 fully saturated rings. The van der Waals surface area contributed by atoms with Gasteiger partial charge in [0.25, 0.3) is 0 Å². The molecule has 0 aromatic heterocycles. The van der Waals surface area contributed by atoms with Gasteiger partial charge >= 0.3 is 11.9 Å². The van der Waals surface area contributed by atoms with E-state index in [2.05, 4.69) is 16.0 Å². The van der Waals surface area contributed by atoms with Crippen LogP contribution in [-0.2, 0) is 24.0 Å². The number of hydrogen-bond donors (Lipinski definition) is 7. The maximum Gasteiger partial charge on any atom is 0.326 e. The molecule has 0 saturated carbocycles. The Kier molecular flexibility index (Phi) is 16.7. The lowest BCUT2D eigenvalue weighted by atomic mass is 9.96. The Morgan fingerprint density at radius 3 is 2.03 bits per heavy atom. The van der Waals surface area contributed by atoms with Gasteiger partial charge in [-0.3, -0.25) is 19.2 Å². The van der Waals surface area contributed by atoms with Gasteiger partial charge in [0.05, 0.1) is 6.04 Å². The summed E-state index contributed by atoms with van der Waals surface area (Å²) in [7, 11) is 0. The molecule has 13 heteroatoms. The second-order valence-electron chi connectivity index (χ2n) is 8.44. The van der Waals surface area contributed by atoms with Crippen LogP contribution in [0.25, 0.3) is 0 Å². The average molecular weight is 520 g/mol. The van der Waals surface area contributed by atoms with Crippen LogP contribution in [0.15, 0.2) is 0 Å². The van der Waals surface area contributed by atoms with Gasteiger partial charge in [-0.15, -0.1) is 0 Å². The maximum atomic E-state index is 13.1. The Morgan fingerprint density at radius 1 is 0.886 bits per heavy atom. The van der Waals surface area contributed by atoms with Crippen LogP contribution >= 0.6 is 11.8 Å². The molecule has 5 unspecified atom stereocenters. The number of unbranched alkanes of at least 4 members (excludes halogenated alkanes) is 1. The number of hydrogen-bond acceptors (Lipinski definition) is 8. The zero-order chi connectivity index (χ0) is 27.0. The molecule has 0 aliphatic rings. The molecular weight excluding hydrogens is 478 g/mol. The topological polar surface area (TPSA) is 214 Å². The zero-order valence-corrected chi connectivity index (χ0v) is 21.6. The van der Waals surface area contributed by atoms with Crippen molar-refractivity contribution in [2.45, 2.75) is 83.0 Å². The fraction of sp³-hybridized carbons (Fsp3) is 0.773. The summed E-state index contributed by atoms with van der Waals surface area (Å²) in [5.74, 6) is -4.06. The third kappa shape index (κ3) is 13.3. The molecule has 0 aliphatic heterocycles. The van der Waals surface area contributed by atoms with Gasteiger partial charge < -0.3 is 37.6 Å². The summed E-state index contributed by atoms with van der Waals surface area (Å²) in [4.78, 5) is 60.8. The molecule has 0 aliphatic carbocycles. The van der Waals surface area contributed by atoms with Gasteiger partial charge in [0.1, 0.15) is 18.1 Å². The van der Waals surface area contributed by atoms with Crippen molar-refractivity contribution in [2.75, 3.05) is 18.6 Å². The SMILES string of the molecule is CCC(C)C(NC(=O)C(CCCCN)NC(=O)C(N)CCSC)C(=O)NC(CCC(=O)O)C(=O)O. The van der Waals surface area contributed by atoms with E-state index in [1.165, 1.54) is 0 Å². The second kappa shape index (κ2) is 18.0. The van der Waals surface area contributed by atoms with E-state index in [9.17, 15) is 29.1 Å². The van der Waals surface area contributed by atoms with Crippen molar-refractivity contribution in [1.82, 2.24) is 16.0 Å². The van der Waals surface area contributed by atoms with Crippen LogP contribution in [0.4, 0.5) is 0 Å². The first-order valence-electron chi connectivity index (χ1n) is 11.8. The molecule has 0 aromatic rings. The van der Waals surface area contributed by atoms with Crippen molar-refractivity contribution in [1.29, 1.82) is 0 Å². The summed E-state index contributed by atoms with van der Waals surface area (Å²) in [5.41, 5.74) is 11.5. The molecule has 0 heterocycles. The van der Waals surface area contributed by atoms with E-state index in [0.717, 1.165) is 0 Å². The Hall–Kier alpha value is -2.38. The van der Waals surface area contributed by atoms with E-state index in [1.54, 1.807) is 18.7 Å². The lowest BCUT2D eigenvalue weighted by Gasteiger charge is -2.28. The van der Waals surface area contributed by atoms with E-state index < -0.39 is 60.2 Å². The van der Waals surface area contributed by atoms with Crippen molar-refractivity contribution in [3.05, 3.63) is 0 Å². The van der Waals surface area contributed by atoms with Gasteiger partial charge in [-0.05, 0) is 56.6 Å². The predicted octanol–water partition coefficient (Wildman–Crippen LogP) is -0.354. The summed E-state index contributed by atoms with van der Waals surface area (Å²) in [6.45, 7) is 3.94. The van der Waals surface area contributed by atoms with Gasteiger partial charge in [-0.25, -0.2) is 4.79 Å². The number of amides is 3. The van der Waals surface area contributed by atoms with E-state index in [4.69, 9.17) is 16.6 Å². The minimum atomic E-state index is -1.42. The van der Waals surface area contributed by atoms with Gasteiger partial charge in [-0.2, -0.15) is 11.8 Å². The zero-order valence-electron chi connectivity index (χ0n) is 20.7. The average Bonchev–Trinajstić information content (AvgIpc) is 2.81. The van der Waals surface area contributed by atoms with Gasteiger partial charge in [0, 0.05) is 6.42 Å². The minimum absolute atomic E-state index is 0.287. The Labute approximate surface area is 210 Å². The minimum Gasteiger partial charge on any atom is -0.481 e. The molecule has 35 heavy (non-hydrogen) atoms. The number of aliphatic carboxylic acids is 2. The third-order valence-corrected chi connectivity index (χ3v) is 6.25. The van der Waals surface area contributed by atoms with Gasteiger partial charge in [-0.1, -0.05) is 20.3 Å². The highest BCUT2D eigenvalue weighted by molar-refractivity contribution is 7.98. The summed E-state index contributed by atoms with van der Waals surface area (Å²) in [6, 6.07) is -4.24. The lowest BCUT2D eigenvalue weighted by Crippen LogP contribution is -2.58. The first-order valence-corrected chi connectivity index (χ1v) is 13.2. The highest BCUT2D eigenvalue weighted by Gasteiger charge is 2.32. The van der Waals surface area contributed by atoms with E-state index in [-0.39, 0.29) is 18.8 Å². The maximum absolute atomic E-state index is 13.1. The third-order valence-electron chi connectivity index (χ3n) is 5.60. The Morgan fingerprint density at radius 2 is 1.51 bits per heavy atom. The van der Waals surface area contributed by atoms with Crippen LogP contribution in [-0.4, -0.2) is 82.6 Å². The van der Waals surface area contributed by atoms with E-state index >= 15 is 0 Å². The molecule has 9 N–H and O–H groups in total. The summed E-state index contributed by atoms with van der Waals surface area (Å²) in [6.07, 6.45) is 3.57. The first-order chi connectivity index (χ1) is 16.5. The standard InChI is InChI=1S/C22H41N5O7S/c1-4-13(2)18(21(32)26-16(22(33)34)8-9-17(28)29)27-20(31)15(7-5-6-11-23)25-19(30)14(24)10-12-35-3/h13-16,18H,4-12,23-24H2,1-3H3,(H,25,30)(H,26,32)(H,27,31)(H,28,29)(H,33,34). The smallest absolute Gasteiger partial charge is 0.326 e. The summed E-state index contributed by atoms with van der Waals surface area (Å²) < 4.78 is 0. The lowest BCUT2D eigenvalue weighted by molar-refractivity contribution is -0.143. The first kappa shape index (κ1) is 32.6. The van der Waals surface area contributed by atoms with Crippen LogP contribution in [0.1, 0.15) is 58.8 Å². The number of rotatable bonds is 19. The highest BCUT2D eigenvalue weighted by Crippen LogP contribution is 2.11.